The zero-order valence-corrected chi connectivity index (χ0v) is 15.7. The van der Waals surface area contributed by atoms with Crippen molar-refractivity contribution >= 4 is 15.9 Å². The van der Waals surface area contributed by atoms with Gasteiger partial charge < -0.3 is 10.1 Å². The molecule has 1 aliphatic carbocycles. The molecule has 1 amide bonds. The van der Waals surface area contributed by atoms with Gasteiger partial charge in [-0.05, 0) is 24.0 Å². The Hall–Kier alpha value is -1.48. The minimum absolute atomic E-state index is 0.0555. The summed E-state index contributed by atoms with van der Waals surface area (Å²) in [7, 11) is -3.34. The molecule has 0 spiro atoms. The van der Waals surface area contributed by atoms with Crippen LogP contribution in [0.3, 0.4) is 0 Å². The van der Waals surface area contributed by atoms with Gasteiger partial charge in [0.05, 0.1) is 31.0 Å². The van der Waals surface area contributed by atoms with E-state index >= 15 is 0 Å². The smallest absolute Gasteiger partial charge is 0.234 e. The number of ether oxygens (including phenoxy) is 1. The van der Waals surface area contributed by atoms with Crippen LogP contribution in [0, 0.1) is 5.92 Å². The Balaban J connectivity index is 1.35. The van der Waals surface area contributed by atoms with E-state index in [1.807, 2.05) is 12.1 Å². The van der Waals surface area contributed by atoms with Crippen LogP contribution in [0.15, 0.2) is 24.3 Å². The lowest BCUT2D eigenvalue weighted by atomic mass is 9.72. The number of carbonyl (C=O) groups excluding carboxylic acids is 1. The largest absolute Gasteiger partial charge is 0.376 e. The number of nitrogens with one attached hydrogen (secondary N) is 2. The van der Waals surface area contributed by atoms with E-state index in [-0.39, 0.29) is 30.0 Å². The summed E-state index contributed by atoms with van der Waals surface area (Å²) in [5.74, 6) is 0.139. The van der Waals surface area contributed by atoms with Gasteiger partial charge in [0.2, 0.25) is 15.9 Å². The van der Waals surface area contributed by atoms with Crippen LogP contribution >= 0.6 is 0 Å². The summed E-state index contributed by atoms with van der Waals surface area (Å²) in [6.45, 7) is 2.57. The van der Waals surface area contributed by atoms with E-state index in [0.717, 1.165) is 32.2 Å². The Morgan fingerprint density at radius 1 is 1.27 bits per heavy atom. The summed E-state index contributed by atoms with van der Waals surface area (Å²) in [6.07, 6.45) is 2.81. The van der Waals surface area contributed by atoms with Crippen LogP contribution in [-0.4, -0.2) is 63.4 Å². The van der Waals surface area contributed by atoms with Crippen molar-refractivity contribution in [3.63, 3.8) is 0 Å². The van der Waals surface area contributed by atoms with Crippen LogP contribution in [-0.2, 0) is 32.5 Å². The highest BCUT2D eigenvalue weighted by Crippen LogP contribution is 2.39. The maximum absolute atomic E-state index is 12.6. The summed E-state index contributed by atoms with van der Waals surface area (Å²) < 4.78 is 31.4. The standard InChI is InChI=1S/C18H25N3O4S/c1-26(23,24)20-17-16(14-7-9-25-18(14)17)19-15(22)11-21-8-6-12-4-2-3-5-13(12)10-21/h2-5,14,16-18,20H,6-11H2,1H3,(H,19,22)/t14-,16+,17-,18-/m0/s1. The van der Waals surface area contributed by atoms with Crippen LogP contribution in [0.1, 0.15) is 17.5 Å². The van der Waals surface area contributed by atoms with Crippen molar-refractivity contribution in [1.29, 1.82) is 0 Å². The zero-order valence-electron chi connectivity index (χ0n) is 14.8. The first-order valence-electron chi connectivity index (χ1n) is 9.08. The van der Waals surface area contributed by atoms with Gasteiger partial charge in [-0.15, -0.1) is 0 Å². The second-order valence-electron chi connectivity index (χ2n) is 7.53. The average Bonchev–Trinajstić information content (AvgIpc) is 3.02. The molecule has 2 N–H and O–H groups in total. The third-order valence-electron chi connectivity index (χ3n) is 5.64. The van der Waals surface area contributed by atoms with Crippen LogP contribution < -0.4 is 10.0 Å². The average molecular weight is 379 g/mol. The number of carbonyl (C=O) groups is 1. The maximum atomic E-state index is 12.6. The number of amides is 1. The van der Waals surface area contributed by atoms with Gasteiger partial charge in [-0.2, -0.15) is 0 Å². The van der Waals surface area contributed by atoms with Gasteiger partial charge in [0.1, 0.15) is 0 Å². The molecule has 8 heteroatoms. The first kappa shape index (κ1) is 17.9. The predicted octanol–water partition coefficient (Wildman–Crippen LogP) is -0.134. The summed E-state index contributed by atoms with van der Waals surface area (Å²) >= 11 is 0. The Labute approximate surface area is 154 Å². The lowest BCUT2D eigenvalue weighted by molar-refractivity contribution is -0.126. The van der Waals surface area contributed by atoms with E-state index in [1.54, 1.807) is 0 Å². The van der Waals surface area contributed by atoms with Crippen LogP contribution in [0.25, 0.3) is 0 Å². The Morgan fingerprint density at radius 2 is 2.04 bits per heavy atom. The fourth-order valence-electron chi connectivity index (χ4n) is 4.42. The number of rotatable bonds is 5. The number of sulfonamides is 1. The van der Waals surface area contributed by atoms with Crippen molar-refractivity contribution < 1.29 is 17.9 Å². The molecule has 3 aliphatic rings. The van der Waals surface area contributed by atoms with Crippen LogP contribution in [0.4, 0.5) is 0 Å². The van der Waals surface area contributed by atoms with Crippen molar-refractivity contribution in [3.8, 4) is 0 Å². The molecule has 0 radical (unpaired) electrons. The SMILES string of the molecule is CS(=O)(=O)N[C@H]1[C@H](NC(=O)CN2CCc3ccccc3C2)[C@@H]2CCO[C@@H]21. The molecule has 2 fully saturated rings. The summed E-state index contributed by atoms with van der Waals surface area (Å²) in [5, 5.41) is 3.04. The molecule has 1 saturated heterocycles. The minimum atomic E-state index is -3.34. The van der Waals surface area contributed by atoms with Crippen LogP contribution in [0.2, 0.25) is 0 Å². The van der Waals surface area contributed by atoms with Crippen molar-refractivity contribution in [2.75, 3.05) is 26.0 Å². The topological polar surface area (TPSA) is 87.7 Å². The molecule has 142 valence electrons. The van der Waals surface area contributed by atoms with E-state index in [2.05, 4.69) is 27.1 Å². The van der Waals surface area contributed by atoms with Gasteiger partial charge in [-0.1, -0.05) is 24.3 Å². The second kappa shape index (κ2) is 6.92. The van der Waals surface area contributed by atoms with E-state index in [4.69, 9.17) is 4.74 Å². The quantitative estimate of drug-likeness (QED) is 0.744. The van der Waals surface area contributed by atoms with E-state index in [9.17, 15) is 13.2 Å². The van der Waals surface area contributed by atoms with Gasteiger partial charge in [-0.25, -0.2) is 13.1 Å². The Kier molecular flexibility index (Phi) is 4.77. The molecule has 0 unspecified atom stereocenters. The molecule has 2 aliphatic heterocycles. The number of fused-ring (bicyclic) bond motifs is 2. The molecule has 4 atom stereocenters. The van der Waals surface area contributed by atoms with Gasteiger partial charge >= 0.3 is 0 Å². The van der Waals surface area contributed by atoms with E-state index in [1.165, 1.54) is 11.1 Å². The summed E-state index contributed by atoms with van der Waals surface area (Å²) in [4.78, 5) is 14.7. The van der Waals surface area contributed by atoms with Gasteiger partial charge in [0, 0.05) is 25.6 Å². The fourth-order valence-corrected chi connectivity index (χ4v) is 5.19. The second-order valence-corrected chi connectivity index (χ2v) is 9.31. The highest BCUT2D eigenvalue weighted by molar-refractivity contribution is 7.88. The van der Waals surface area contributed by atoms with Gasteiger partial charge in [-0.3, -0.25) is 9.69 Å². The number of nitrogens with zero attached hydrogens (tertiary/aromatic N) is 1. The molecule has 0 aromatic heterocycles. The summed E-state index contributed by atoms with van der Waals surface area (Å²) in [6, 6.07) is 7.76. The molecule has 7 nitrogen and oxygen atoms in total. The normalized spacial score (nSPS) is 31.0. The molecular formula is C18H25N3O4S. The van der Waals surface area contributed by atoms with E-state index < -0.39 is 10.0 Å². The Morgan fingerprint density at radius 3 is 2.81 bits per heavy atom. The Bertz CT molecular complexity index is 797. The summed E-state index contributed by atoms with van der Waals surface area (Å²) in [5.41, 5.74) is 2.63. The van der Waals surface area contributed by atoms with Crippen molar-refractivity contribution in [2.45, 2.75) is 37.6 Å². The third-order valence-corrected chi connectivity index (χ3v) is 6.34. The molecule has 0 bridgehead atoms. The third kappa shape index (κ3) is 3.64. The number of hydrogen-bond acceptors (Lipinski definition) is 5. The molecule has 1 aromatic rings. The highest BCUT2D eigenvalue weighted by atomic mass is 32.2. The fraction of sp³-hybridized carbons (Fsp3) is 0.611. The van der Waals surface area contributed by atoms with Crippen molar-refractivity contribution in [2.24, 2.45) is 5.92 Å². The first-order valence-corrected chi connectivity index (χ1v) is 11.0. The predicted molar refractivity (Wildman–Crippen MR) is 97.0 cm³/mol. The van der Waals surface area contributed by atoms with Crippen molar-refractivity contribution in [1.82, 2.24) is 14.9 Å². The number of benzene rings is 1. The minimum Gasteiger partial charge on any atom is -0.376 e. The highest BCUT2D eigenvalue weighted by Gasteiger charge is 2.55. The lowest BCUT2D eigenvalue weighted by Gasteiger charge is -2.47. The lowest BCUT2D eigenvalue weighted by Crippen LogP contribution is -2.71. The molecule has 26 heavy (non-hydrogen) atoms. The molecule has 1 saturated carbocycles. The molecule has 2 heterocycles. The number of hydrogen-bond donors (Lipinski definition) is 2. The maximum Gasteiger partial charge on any atom is 0.234 e. The van der Waals surface area contributed by atoms with E-state index in [0.29, 0.717) is 13.2 Å². The van der Waals surface area contributed by atoms with Gasteiger partial charge in [0.15, 0.2) is 0 Å². The van der Waals surface area contributed by atoms with Gasteiger partial charge in [0.25, 0.3) is 0 Å². The zero-order chi connectivity index (χ0) is 18.3. The van der Waals surface area contributed by atoms with Crippen molar-refractivity contribution in [3.05, 3.63) is 35.4 Å². The molecule has 4 rings (SSSR count). The molecule has 1 aromatic carbocycles. The van der Waals surface area contributed by atoms with Crippen LogP contribution in [0.5, 0.6) is 0 Å². The first-order chi connectivity index (χ1) is 12.4. The molecular weight excluding hydrogens is 354 g/mol. The monoisotopic (exact) mass is 379 g/mol.